The summed E-state index contributed by atoms with van der Waals surface area (Å²) < 4.78 is 13.6. The number of fused-ring (bicyclic) bond motifs is 1. The van der Waals surface area contributed by atoms with Gasteiger partial charge in [-0.1, -0.05) is 27.7 Å². The van der Waals surface area contributed by atoms with Crippen LogP contribution in [0.2, 0.25) is 0 Å². The van der Waals surface area contributed by atoms with Crippen molar-refractivity contribution >= 4 is 44.5 Å². The van der Waals surface area contributed by atoms with E-state index in [4.69, 9.17) is 14.5 Å². The largest absolute Gasteiger partial charge is 0.382 e. The van der Waals surface area contributed by atoms with Gasteiger partial charge in [-0.15, -0.1) is 0 Å². The van der Waals surface area contributed by atoms with Crippen LogP contribution in [0.1, 0.15) is 27.2 Å². The van der Waals surface area contributed by atoms with Crippen LogP contribution in [0.25, 0.3) is 10.9 Å². The predicted octanol–water partition coefficient (Wildman–Crippen LogP) is 3.31. The van der Waals surface area contributed by atoms with Crippen LogP contribution in [0, 0.1) is 0 Å². The average molecular weight is 498 g/mol. The van der Waals surface area contributed by atoms with Crippen LogP contribution >= 0.6 is 27.7 Å². The van der Waals surface area contributed by atoms with Gasteiger partial charge in [-0.3, -0.25) is 14.2 Å². The van der Waals surface area contributed by atoms with Gasteiger partial charge >= 0.3 is 0 Å². The lowest BCUT2D eigenvalue weighted by atomic mass is 10.2. The molecule has 0 N–H and O–H groups in total. The molecular formula is C21H28BrN3O4S. The smallest absolute Gasteiger partial charge is 0.262 e. The molecule has 1 aromatic heterocycles. The number of morpholine rings is 1. The summed E-state index contributed by atoms with van der Waals surface area (Å²) >= 11 is 4.74. The molecule has 1 fully saturated rings. The second kappa shape index (κ2) is 10.7. The fourth-order valence-corrected chi connectivity index (χ4v) is 4.84. The standard InChI is InChI=1S/C21H28BrN3O4S/c1-4-28-9-5-8-25-20(27)17-10-16(22)6-7-18(17)23-21(25)30-13-19(26)24-11-14(2)29-15(3)12-24/h6-7,10,14-15H,4-5,8-9,11-13H2,1-3H3/t14-,15-/m0/s1. The third kappa shape index (κ3) is 5.84. The first-order chi connectivity index (χ1) is 14.4. The molecule has 2 heterocycles. The Bertz CT molecular complexity index is 942. The van der Waals surface area contributed by atoms with Gasteiger partial charge in [0.2, 0.25) is 5.91 Å². The van der Waals surface area contributed by atoms with Crippen molar-refractivity contribution in [3.63, 3.8) is 0 Å². The zero-order chi connectivity index (χ0) is 21.7. The molecule has 9 heteroatoms. The zero-order valence-corrected chi connectivity index (χ0v) is 20.0. The van der Waals surface area contributed by atoms with Crippen LogP contribution in [-0.2, 0) is 20.8 Å². The van der Waals surface area contributed by atoms with E-state index in [1.54, 1.807) is 10.6 Å². The molecule has 1 amide bonds. The van der Waals surface area contributed by atoms with E-state index in [0.29, 0.717) is 55.3 Å². The normalized spacial score (nSPS) is 19.4. The maximum atomic E-state index is 13.1. The molecule has 1 saturated heterocycles. The first-order valence-corrected chi connectivity index (χ1v) is 12.0. The quantitative estimate of drug-likeness (QED) is 0.316. The minimum Gasteiger partial charge on any atom is -0.382 e. The van der Waals surface area contributed by atoms with E-state index < -0.39 is 0 Å². The number of aromatic nitrogens is 2. The first kappa shape index (κ1) is 23.2. The van der Waals surface area contributed by atoms with Crippen molar-refractivity contribution in [2.75, 3.05) is 32.1 Å². The molecule has 0 aliphatic carbocycles. The third-order valence-corrected chi connectivity index (χ3v) is 6.31. The van der Waals surface area contributed by atoms with E-state index in [1.165, 1.54) is 11.8 Å². The number of benzene rings is 1. The molecule has 3 rings (SSSR count). The minimum absolute atomic E-state index is 0.0247. The van der Waals surface area contributed by atoms with Gasteiger partial charge in [-0.05, 0) is 45.4 Å². The second-order valence-corrected chi connectivity index (χ2v) is 9.27. The van der Waals surface area contributed by atoms with E-state index in [2.05, 4.69) is 15.9 Å². The van der Waals surface area contributed by atoms with Crippen LogP contribution < -0.4 is 5.56 Å². The molecular weight excluding hydrogens is 470 g/mol. The van der Waals surface area contributed by atoms with E-state index in [9.17, 15) is 9.59 Å². The van der Waals surface area contributed by atoms with E-state index in [1.807, 2.05) is 37.8 Å². The Morgan fingerprint density at radius 3 is 2.77 bits per heavy atom. The molecule has 30 heavy (non-hydrogen) atoms. The number of carbonyl (C=O) groups excluding carboxylic acids is 1. The zero-order valence-electron chi connectivity index (χ0n) is 17.6. The number of rotatable bonds is 8. The Hall–Kier alpha value is -1.42. The maximum absolute atomic E-state index is 13.1. The summed E-state index contributed by atoms with van der Waals surface area (Å²) in [6.07, 6.45) is 0.753. The van der Waals surface area contributed by atoms with Gasteiger partial charge in [0.15, 0.2) is 5.16 Å². The van der Waals surface area contributed by atoms with Crippen molar-refractivity contribution in [3.05, 3.63) is 33.0 Å². The number of hydrogen-bond acceptors (Lipinski definition) is 6. The number of hydrogen-bond donors (Lipinski definition) is 0. The van der Waals surface area contributed by atoms with Crippen LogP contribution in [0.4, 0.5) is 0 Å². The summed E-state index contributed by atoms with van der Waals surface area (Å²) in [5.74, 6) is 0.271. The molecule has 1 aliphatic rings. The summed E-state index contributed by atoms with van der Waals surface area (Å²) in [5.41, 5.74) is 0.536. The summed E-state index contributed by atoms with van der Waals surface area (Å²) in [6.45, 7) is 8.78. The molecule has 1 aliphatic heterocycles. The Morgan fingerprint density at radius 1 is 1.33 bits per heavy atom. The lowest BCUT2D eigenvalue weighted by Gasteiger charge is -2.35. The summed E-state index contributed by atoms with van der Waals surface area (Å²) in [7, 11) is 0. The second-order valence-electron chi connectivity index (χ2n) is 7.41. The van der Waals surface area contributed by atoms with Crippen LogP contribution in [0.3, 0.4) is 0 Å². The fraction of sp³-hybridized carbons (Fsp3) is 0.571. The van der Waals surface area contributed by atoms with Gasteiger partial charge in [-0.2, -0.15) is 0 Å². The molecule has 0 saturated carbocycles. The number of halogens is 1. The van der Waals surface area contributed by atoms with E-state index in [0.717, 1.165) is 4.47 Å². The van der Waals surface area contributed by atoms with Crippen molar-refractivity contribution in [1.82, 2.24) is 14.5 Å². The van der Waals surface area contributed by atoms with Crippen molar-refractivity contribution in [3.8, 4) is 0 Å². The minimum atomic E-state index is -0.0960. The molecule has 0 radical (unpaired) electrons. The van der Waals surface area contributed by atoms with Gasteiger partial charge in [0.1, 0.15) is 0 Å². The first-order valence-electron chi connectivity index (χ1n) is 10.2. The average Bonchev–Trinajstić information content (AvgIpc) is 2.70. The van der Waals surface area contributed by atoms with Crippen molar-refractivity contribution in [2.45, 2.75) is 51.1 Å². The van der Waals surface area contributed by atoms with Gasteiger partial charge < -0.3 is 14.4 Å². The van der Waals surface area contributed by atoms with Crippen LogP contribution in [-0.4, -0.2) is 64.6 Å². The molecule has 0 unspecified atom stereocenters. The van der Waals surface area contributed by atoms with Gasteiger partial charge in [-0.25, -0.2) is 4.98 Å². The molecule has 2 aromatic rings. The topological polar surface area (TPSA) is 73.7 Å². The van der Waals surface area contributed by atoms with Crippen molar-refractivity contribution in [1.29, 1.82) is 0 Å². The van der Waals surface area contributed by atoms with Crippen molar-refractivity contribution in [2.24, 2.45) is 0 Å². The maximum Gasteiger partial charge on any atom is 0.262 e. The Balaban J connectivity index is 1.81. The summed E-state index contributed by atoms with van der Waals surface area (Å²) in [6, 6.07) is 5.48. The molecule has 2 atom stereocenters. The Labute approximate surface area is 189 Å². The molecule has 0 spiro atoms. The highest BCUT2D eigenvalue weighted by Gasteiger charge is 2.26. The Morgan fingerprint density at radius 2 is 2.07 bits per heavy atom. The SMILES string of the molecule is CCOCCCn1c(SCC(=O)N2C[C@H](C)O[C@@H](C)C2)nc2ccc(Br)cc2c1=O. The van der Waals surface area contributed by atoms with Crippen LogP contribution in [0.5, 0.6) is 0 Å². The summed E-state index contributed by atoms with van der Waals surface area (Å²) in [4.78, 5) is 32.4. The highest BCUT2D eigenvalue weighted by Crippen LogP contribution is 2.22. The third-order valence-electron chi connectivity index (χ3n) is 4.85. The number of nitrogens with zero attached hydrogens (tertiary/aromatic N) is 3. The van der Waals surface area contributed by atoms with Gasteiger partial charge in [0, 0.05) is 37.3 Å². The number of thioether (sulfide) groups is 1. The van der Waals surface area contributed by atoms with E-state index >= 15 is 0 Å². The number of carbonyl (C=O) groups is 1. The predicted molar refractivity (Wildman–Crippen MR) is 122 cm³/mol. The van der Waals surface area contributed by atoms with Gasteiger partial charge in [0.05, 0.1) is 28.9 Å². The Kier molecular flexibility index (Phi) is 8.33. The van der Waals surface area contributed by atoms with Crippen molar-refractivity contribution < 1.29 is 14.3 Å². The highest BCUT2D eigenvalue weighted by molar-refractivity contribution is 9.10. The van der Waals surface area contributed by atoms with E-state index in [-0.39, 0.29) is 29.4 Å². The molecule has 0 bridgehead atoms. The molecule has 7 nitrogen and oxygen atoms in total. The molecule has 164 valence electrons. The molecule has 1 aromatic carbocycles. The highest BCUT2D eigenvalue weighted by atomic mass is 79.9. The van der Waals surface area contributed by atoms with Crippen LogP contribution in [0.15, 0.2) is 32.6 Å². The number of amides is 1. The monoisotopic (exact) mass is 497 g/mol. The fourth-order valence-electron chi connectivity index (χ4n) is 3.55. The van der Waals surface area contributed by atoms with Gasteiger partial charge in [0.25, 0.3) is 5.56 Å². The lowest BCUT2D eigenvalue weighted by Crippen LogP contribution is -2.48. The summed E-state index contributed by atoms with van der Waals surface area (Å²) in [5, 5.41) is 1.13. The number of ether oxygens (including phenoxy) is 2. The lowest BCUT2D eigenvalue weighted by molar-refractivity contribution is -0.140.